The predicted octanol–water partition coefficient (Wildman–Crippen LogP) is 5.07. The minimum atomic E-state index is -0.0559. The molecule has 2 N–H and O–H groups in total. The Bertz CT molecular complexity index is 820. The first-order valence-corrected chi connectivity index (χ1v) is 10.6. The molecule has 0 bridgehead atoms. The van der Waals surface area contributed by atoms with Gasteiger partial charge in [0.15, 0.2) is 0 Å². The van der Waals surface area contributed by atoms with Crippen LogP contribution in [0, 0.1) is 19.8 Å². The number of aryl methyl sites for hydroxylation is 2. The van der Waals surface area contributed by atoms with Crippen LogP contribution in [0.5, 0.6) is 0 Å². The second kappa shape index (κ2) is 9.95. The molecule has 0 unspecified atom stereocenters. The molecule has 0 aromatic heterocycles. The minimum Gasteiger partial charge on any atom is -0.351 e. The summed E-state index contributed by atoms with van der Waals surface area (Å²) < 4.78 is 1.09. The van der Waals surface area contributed by atoms with E-state index < -0.39 is 0 Å². The number of hydrogen-bond donors (Lipinski definition) is 2. The Balaban J connectivity index is 1.82. The molecular weight excluding hydrogens is 424 g/mol. The lowest BCUT2D eigenvalue weighted by atomic mass is 10.1. The SMILES string of the molecule is Cc1cc(SCC(=O)NCc2ccc(NC(=O)C(C)C)cc2)c(C)cc1Br. The molecule has 0 aliphatic heterocycles. The maximum atomic E-state index is 12.1. The zero-order chi connectivity index (χ0) is 20.0. The first-order chi connectivity index (χ1) is 12.8. The van der Waals surface area contributed by atoms with Crippen molar-refractivity contribution in [1.29, 1.82) is 0 Å². The normalized spacial score (nSPS) is 10.7. The van der Waals surface area contributed by atoms with Gasteiger partial charge in [-0.15, -0.1) is 11.8 Å². The number of rotatable bonds is 7. The van der Waals surface area contributed by atoms with Crippen LogP contribution in [0.1, 0.15) is 30.5 Å². The number of amides is 2. The smallest absolute Gasteiger partial charge is 0.230 e. The van der Waals surface area contributed by atoms with Gasteiger partial charge in [0, 0.05) is 27.5 Å². The van der Waals surface area contributed by atoms with Crippen molar-refractivity contribution in [3.8, 4) is 0 Å². The van der Waals surface area contributed by atoms with Crippen LogP contribution >= 0.6 is 27.7 Å². The van der Waals surface area contributed by atoms with Gasteiger partial charge in [0.25, 0.3) is 0 Å². The van der Waals surface area contributed by atoms with Crippen LogP contribution in [0.25, 0.3) is 0 Å². The monoisotopic (exact) mass is 448 g/mol. The summed E-state index contributed by atoms with van der Waals surface area (Å²) in [5, 5.41) is 5.79. The van der Waals surface area contributed by atoms with Gasteiger partial charge in [-0.3, -0.25) is 9.59 Å². The molecule has 2 rings (SSSR count). The highest BCUT2D eigenvalue weighted by Crippen LogP contribution is 2.28. The number of nitrogens with one attached hydrogen (secondary N) is 2. The molecule has 0 radical (unpaired) electrons. The number of hydrogen-bond acceptors (Lipinski definition) is 3. The summed E-state index contributed by atoms with van der Waals surface area (Å²) in [5.41, 5.74) is 4.07. The molecule has 0 spiro atoms. The standard InChI is InChI=1S/C21H25BrN2O2S/c1-13(2)21(26)24-17-7-5-16(6-8-17)11-23-20(25)12-27-19-10-14(3)18(22)9-15(19)4/h5-10,13H,11-12H2,1-4H3,(H,23,25)(H,24,26). The molecule has 0 aliphatic carbocycles. The van der Waals surface area contributed by atoms with E-state index in [4.69, 9.17) is 0 Å². The van der Waals surface area contributed by atoms with Gasteiger partial charge in [-0.1, -0.05) is 41.9 Å². The molecule has 0 aliphatic rings. The summed E-state index contributed by atoms with van der Waals surface area (Å²) in [7, 11) is 0. The summed E-state index contributed by atoms with van der Waals surface area (Å²) in [5.74, 6) is 0.313. The summed E-state index contributed by atoms with van der Waals surface area (Å²) in [4.78, 5) is 25.0. The van der Waals surface area contributed by atoms with Crippen LogP contribution in [-0.4, -0.2) is 17.6 Å². The zero-order valence-corrected chi connectivity index (χ0v) is 18.5. The molecule has 2 aromatic rings. The Morgan fingerprint density at radius 3 is 2.37 bits per heavy atom. The molecule has 0 heterocycles. The fourth-order valence-electron chi connectivity index (χ4n) is 2.30. The van der Waals surface area contributed by atoms with Crippen molar-refractivity contribution in [2.24, 2.45) is 5.92 Å². The van der Waals surface area contributed by atoms with Crippen LogP contribution in [0.3, 0.4) is 0 Å². The molecular formula is C21H25BrN2O2S. The van der Waals surface area contributed by atoms with E-state index in [1.807, 2.05) is 52.0 Å². The van der Waals surface area contributed by atoms with E-state index in [0.717, 1.165) is 31.7 Å². The third kappa shape index (κ3) is 6.70. The van der Waals surface area contributed by atoms with Gasteiger partial charge in [0.1, 0.15) is 0 Å². The maximum Gasteiger partial charge on any atom is 0.230 e. The molecule has 144 valence electrons. The van der Waals surface area contributed by atoms with E-state index in [1.165, 1.54) is 0 Å². The van der Waals surface area contributed by atoms with Gasteiger partial charge < -0.3 is 10.6 Å². The van der Waals surface area contributed by atoms with Gasteiger partial charge in [0.2, 0.25) is 11.8 Å². The Morgan fingerprint density at radius 1 is 1.07 bits per heavy atom. The molecule has 0 atom stereocenters. The molecule has 0 saturated heterocycles. The lowest BCUT2D eigenvalue weighted by Crippen LogP contribution is -2.24. The fourth-order valence-corrected chi connectivity index (χ4v) is 3.69. The number of carbonyl (C=O) groups is 2. The average Bonchev–Trinajstić information content (AvgIpc) is 2.63. The molecule has 4 nitrogen and oxygen atoms in total. The van der Waals surface area contributed by atoms with Crippen LogP contribution in [0.15, 0.2) is 45.8 Å². The highest BCUT2D eigenvalue weighted by Gasteiger charge is 2.08. The Labute approximate surface area is 173 Å². The van der Waals surface area contributed by atoms with Crippen LogP contribution in [0.4, 0.5) is 5.69 Å². The van der Waals surface area contributed by atoms with Gasteiger partial charge in [-0.25, -0.2) is 0 Å². The predicted molar refractivity (Wildman–Crippen MR) is 116 cm³/mol. The van der Waals surface area contributed by atoms with Gasteiger partial charge in [0.05, 0.1) is 5.75 Å². The number of carbonyl (C=O) groups excluding carboxylic acids is 2. The second-order valence-corrected chi connectivity index (χ2v) is 8.64. The lowest BCUT2D eigenvalue weighted by molar-refractivity contribution is -0.119. The first kappa shape index (κ1) is 21.5. The average molecular weight is 449 g/mol. The summed E-state index contributed by atoms with van der Waals surface area (Å²) >= 11 is 5.07. The van der Waals surface area contributed by atoms with Gasteiger partial charge in [-0.05, 0) is 54.8 Å². The maximum absolute atomic E-state index is 12.1. The lowest BCUT2D eigenvalue weighted by Gasteiger charge is -2.10. The fraction of sp³-hybridized carbons (Fsp3) is 0.333. The van der Waals surface area contributed by atoms with Crippen LogP contribution in [-0.2, 0) is 16.1 Å². The Hall–Kier alpha value is -1.79. The van der Waals surface area contributed by atoms with Gasteiger partial charge >= 0.3 is 0 Å². The summed E-state index contributed by atoms with van der Waals surface area (Å²) in [6.07, 6.45) is 0. The van der Waals surface area contributed by atoms with Crippen molar-refractivity contribution in [2.75, 3.05) is 11.1 Å². The van der Waals surface area contributed by atoms with E-state index in [0.29, 0.717) is 12.3 Å². The molecule has 2 amide bonds. The second-order valence-electron chi connectivity index (χ2n) is 6.77. The topological polar surface area (TPSA) is 58.2 Å². The Kier molecular flexibility index (Phi) is 7.92. The summed E-state index contributed by atoms with van der Waals surface area (Å²) in [6, 6.07) is 11.7. The van der Waals surface area contributed by atoms with Crippen molar-refractivity contribution in [1.82, 2.24) is 5.32 Å². The molecule has 27 heavy (non-hydrogen) atoms. The minimum absolute atomic E-state index is 0.00263. The van der Waals surface area contributed by atoms with E-state index in [-0.39, 0.29) is 17.7 Å². The van der Waals surface area contributed by atoms with Crippen molar-refractivity contribution in [3.05, 3.63) is 57.6 Å². The third-order valence-corrected chi connectivity index (χ3v) is 6.06. The number of benzene rings is 2. The highest BCUT2D eigenvalue weighted by atomic mass is 79.9. The number of halogens is 1. The molecule has 0 fully saturated rings. The van der Waals surface area contributed by atoms with Crippen LogP contribution in [0.2, 0.25) is 0 Å². The van der Waals surface area contributed by atoms with Crippen molar-refractivity contribution in [3.63, 3.8) is 0 Å². The van der Waals surface area contributed by atoms with E-state index >= 15 is 0 Å². The molecule has 2 aromatic carbocycles. The third-order valence-electron chi connectivity index (χ3n) is 4.05. The number of thioether (sulfide) groups is 1. The quantitative estimate of drug-likeness (QED) is 0.581. The van der Waals surface area contributed by atoms with Crippen molar-refractivity contribution in [2.45, 2.75) is 39.1 Å². The van der Waals surface area contributed by atoms with E-state index in [9.17, 15) is 9.59 Å². The van der Waals surface area contributed by atoms with Crippen molar-refractivity contribution >= 4 is 45.2 Å². The van der Waals surface area contributed by atoms with Crippen molar-refractivity contribution < 1.29 is 9.59 Å². The summed E-state index contributed by atoms with van der Waals surface area (Å²) in [6.45, 7) is 8.27. The first-order valence-electron chi connectivity index (χ1n) is 8.82. The van der Waals surface area contributed by atoms with E-state index in [2.05, 4.69) is 38.7 Å². The van der Waals surface area contributed by atoms with Crippen LogP contribution < -0.4 is 10.6 Å². The Morgan fingerprint density at radius 2 is 1.74 bits per heavy atom. The molecule has 0 saturated carbocycles. The van der Waals surface area contributed by atoms with E-state index in [1.54, 1.807) is 11.8 Å². The number of anilines is 1. The molecule has 6 heteroatoms. The largest absolute Gasteiger partial charge is 0.351 e. The highest BCUT2D eigenvalue weighted by molar-refractivity contribution is 9.10. The van der Waals surface area contributed by atoms with Gasteiger partial charge in [-0.2, -0.15) is 0 Å². The zero-order valence-electron chi connectivity index (χ0n) is 16.1.